The van der Waals surface area contributed by atoms with Crippen LogP contribution in [0.4, 0.5) is 4.39 Å². The third kappa shape index (κ3) is 5.59. The van der Waals surface area contributed by atoms with Crippen molar-refractivity contribution in [3.8, 4) is 17.1 Å². The minimum Gasteiger partial charge on any atom is -0.491 e. The normalized spacial score (nSPS) is 10.8. The van der Waals surface area contributed by atoms with E-state index in [-0.39, 0.29) is 5.82 Å². The lowest BCUT2D eigenvalue weighted by atomic mass is 10.1. The fraction of sp³-hybridized carbons (Fsp3) is 0.500. The van der Waals surface area contributed by atoms with Crippen LogP contribution in [0.1, 0.15) is 57.9 Å². The topological polar surface area (TPSA) is 35.0 Å². The van der Waals surface area contributed by atoms with E-state index < -0.39 is 0 Å². The number of benzene rings is 1. The van der Waals surface area contributed by atoms with Gasteiger partial charge in [0.2, 0.25) is 0 Å². The Balaban J connectivity index is 1.95. The molecule has 0 aliphatic heterocycles. The average Bonchev–Trinajstić information content (AvgIpc) is 2.61. The Morgan fingerprint density at radius 2 is 1.71 bits per heavy atom. The molecule has 1 aromatic carbocycles. The molecule has 0 fully saturated rings. The molecule has 130 valence electrons. The maximum absolute atomic E-state index is 14.2. The highest BCUT2D eigenvalue weighted by molar-refractivity contribution is 5.56. The van der Waals surface area contributed by atoms with Crippen LogP contribution in [-0.2, 0) is 6.42 Å². The minimum atomic E-state index is -0.360. The molecule has 2 rings (SSSR count). The predicted molar refractivity (Wildman–Crippen MR) is 95.7 cm³/mol. The number of halogens is 1. The molecule has 4 heteroatoms. The van der Waals surface area contributed by atoms with E-state index in [0.29, 0.717) is 23.7 Å². The van der Waals surface area contributed by atoms with Crippen molar-refractivity contribution >= 4 is 0 Å². The number of aromatic nitrogens is 2. The van der Waals surface area contributed by atoms with E-state index in [1.807, 2.05) is 18.5 Å². The molecule has 0 atom stereocenters. The maximum atomic E-state index is 14.2. The van der Waals surface area contributed by atoms with Crippen molar-refractivity contribution in [1.29, 1.82) is 0 Å². The highest BCUT2D eigenvalue weighted by Crippen LogP contribution is 2.23. The molecule has 0 spiro atoms. The fourth-order valence-electron chi connectivity index (χ4n) is 2.48. The van der Waals surface area contributed by atoms with Crippen molar-refractivity contribution in [3.63, 3.8) is 0 Å². The van der Waals surface area contributed by atoms with E-state index in [9.17, 15) is 4.39 Å². The average molecular weight is 330 g/mol. The number of unbranched alkanes of at least 4 members (excludes halogenated alkanes) is 4. The summed E-state index contributed by atoms with van der Waals surface area (Å²) >= 11 is 0. The molecule has 2 aromatic rings. The summed E-state index contributed by atoms with van der Waals surface area (Å²) in [6.45, 7) is 4.88. The first-order chi connectivity index (χ1) is 11.7. The molecule has 0 saturated carbocycles. The SMILES string of the molecule is CCCCCCOc1ccc(-c2ncc(CCCC)cn2)cc1F. The van der Waals surface area contributed by atoms with Gasteiger partial charge in [-0.15, -0.1) is 0 Å². The van der Waals surface area contributed by atoms with Gasteiger partial charge in [0.25, 0.3) is 0 Å². The van der Waals surface area contributed by atoms with Crippen LogP contribution < -0.4 is 4.74 Å². The van der Waals surface area contributed by atoms with Gasteiger partial charge in [-0.1, -0.05) is 39.5 Å². The molecule has 0 radical (unpaired) electrons. The summed E-state index contributed by atoms with van der Waals surface area (Å²) in [6, 6.07) is 4.92. The van der Waals surface area contributed by atoms with E-state index >= 15 is 0 Å². The van der Waals surface area contributed by atoms with Crippen LogP contribution in [0.15, 0.2) is 30.6 Å². The molecule has 1 aromatic heterocycles. The smallest absolute Gasteiger partial charge is 0.165 e. The van der Waals surface area contributed by atoms with Gasteiger partial charge in [0, 0.05) is 18.0 Å². The van der Waals surface area contributed by atoms with E-state index in [1.54, 1.807) is 6.07 Å². The second-order valence-corrected chi connectivity index (χ2v) is 6.07. The fourth-order valence-corrected chi connectivity index (χ4v) is 2.48. The van der Waals surface area contributed by atoms with Crippen LogP contribution in [0.2, 0.25) is 0 Å². The lowest BCUT2D eigenvalue weighted by Crippen LogP contribution is -2.00. The second-order valence-electron chi connectivity index (χ2n) is 6.07. The van der Waals surface area contributed by atoms with E-state index in [4.69, 9.17) is 4.74 Å². The summed E-state index contributed by atoms with van der Waals surface area (Å²) in [5.41, 5.74) is 1.79. The molecule has 0 saturated heterocycles. The molecule has 0 aliphatic rings. The van der Waals surface area contributed by atoms with Gasteiger partial charge in [-0.2, -0.15) is 0 Å². The Bertz CT molecular complexity index is 614. The first kappa shape index (κ1) is 18.4. The van der Waals surface area contributed by atoms with Gasteiger partial charge in [0.1, 0.15) is 0 Å². The highest BCUT2D eigenvalue weighted by atomic mass is 19.1. The zero-order valence-corrected chi connectivity index (χ0v) is 14.7. The number of nitrogens with zero attached hydrogens (tertiary/aromatic N) is 2. The molecule has 0 aliphatic carbocycles. The van der Waals surface area contributed by atoms with Crippen molar-refractivity contribution in [1.82, 2.24) is 9.97 Å². The van der Waals surface area contributed by atoms with Gasteiger partial charge in [-0.05, 0) is 43.0 Å². The number of aryl methyl sites for hydroxylation is 1. The molecular formula is C20H27FN2O. The van der Waals surface area contributed by atoms with Crippen molar-refractivity contribution in [3.05, 3.63) is 42.0 Å². The Morgan fingerprint density at radius 1 is 0.958 bits per heavy atom. The first-order valence-electron chi connectivity index (χ1n) is 8.98. The van der Waals surface area contributed by atoms with Crippen molar-refractivity contribution in [2.24, 2.45) is 0 Å². The number of hydrogen-bond acceptors (Lipinski definition) is 3. The summed E-state index contributed by atoms with van der Waals surface area (Å²) in [4.78, 5) is 8.70. The number of rotatable bonds is 10. The maximum Gasteiger partial charge on any atom is 0.165 e. The van der Waals surface area contributed by atoms with E-state index in [2.05, 4.69) is 23.8 Å². The monoisotopic (exact) mass is 330 g/mol. The van der Waals surface area contributed by atoms with Crippen LogP contribution in [0.25, 0.3) is 11.4 Å². The van der Waals surface area contributed by atoms with Crippen molar-refractivity contribution in [2.45, 2.75) is 58.8 Å². The Kier molecular flexibility index (Phi) is 7.66. The predicted octanol–water partition coefficient (Wildman–Crippen LogP) is 5.58. The second kappa shape index (κ2) is 10.0. The zero-order valence-electron chi connectivity index (χ0n) is 14.7. The summed E-state index contributed by atoms with van der Waals surface area (Å²) in [5.74, 6) is 0.486. The van der Waals surface area contributed by atoms with Gasteiger partial charge in [-0.3, -0.25) is 0 Å². The van der Waals surface area contributed by atoms with Gasteiger partial charge >= 0.3 is 0 Å². The molecule has 24 heavy (non-hydrogen) atoms. The zero-order chi connectivity index (χ0) is 17.2. The first-order valence-corrected chi connectivity index (χ1v) is 8.98. The minimum absolute atomic E-state index is 0.301. The molecule has 0 N–H and O–H groups in total. The standard InChI is InChI=1S/C20H27FN2O/c1-3-5-7-8-12-24-19-11-10-17(13-18(19)21)20-22-14-16(15-23-20)9-6-4-2/h10-11,13-15H,3-9,12H2,1-2H3. The molecule has 0 amide bonds. The molecule has 3 nitrogen and oxygen atoms in total. The van der Waals surface area contributed by atoms with E-state index in [0.717, 1.165) is 37.7 Å². The molecule has 1 heterocycles. The van der Waals surface area contributed by atoms with Crippen LogP contribution >= 0.6 is 0 Å². The van der Waals surface area contributed by atoms with Gasteiger partial charge in [0.15, 0.2) is 17.4 Å². The Morgan fingerprint density at radius 3 is 2.38 bits per heavy atom. The van der Waals surface area contributed by atoms with Crippen LogP contribution in [0.5, 0.6) is 5.75 Å². The largest absolute Gasteiger partial charge is 0.491 e. The summed E-state index contributed by atoms with van der Waals surface area (Å²) in [5, 5.41) is 0. The van der Waals surface area contributed by atoms with Crippen LogP contribution in [0.3, 0.4) is 0 Å². The van der Waals surface area contributed by atoms with Crippen molar-refractivity contribution in [2.75, 3.05) is 6.61 Å². The third-order valence-corrected chi connectivity index (χ3v) is 3.97. The Hall–Kier alpha value is -1.97. The lowest BCUT2D eigenvalue weighted by molar-refractivity contribution is 0.290. The number of hydrogen-bond donors (Lipinski definition) is 0. The number of ether oxygens (including phenoxy) is 1. The highest BCUT2D eigenvalue weighted by Gasteiger charge is 2.08. The van der Waals surface area contributed by atoms with Crippen LogP contribution in [-0.4, -0.2) is 16.6 Å². The summed E-state index contributed by atoms with van der Waals surface area (Å²) in [7, 11) is 0. The summed E-state index contributed by atoms with van der Waals surface area (Å²) in [6.07, 6.45) is 11.4. The van der Waals surface area contributed by atoms with Gasteiger partial charge < -0.3 is 4.74 Å². The van der Waals surface area contributed by atoms with Gasteiger partial charge in [0.05, 0.1) is 6.61 Å². The van der Waals surface area contributed by atoms with Crippen molar-refractivity contribution < 1.29 is 9.13 Å². The lowest BCUT2D eigenvalue weighted by Gasteiger charge is -2.08. The molecule has 0 unspecified atom stereocenters. The third-order valence-electron chi connectivity index (χ3n) is 3.97. The molecule has 0 bridgehead atoms. The summed E-state index contributed by atoms with van der Waals surface area (Å²) < 4.78 is 19.7. The Labute approximate surface area is 144 Å². The van der Waals surface area contributed by atoms with Crippen LogP contribution in [0, 0.1) is 5.82 Å². The quantitative estimate of drug-likeness (QED) is 0.533. The van der Waals surface area contributed by atoms with Gasteiger partial charge in [-0.25, -0.2) is 14.4 Å². The van der Waals surface area contributed by atoms with E-state index in [1.165, 1.54) is 18.9 Å². The molecular weight excluding hydrogens is 303 g/mol.